The van der Waals surface area contributed by atoms with Crippen LogP contribution in [0.5, 0.6) is 5.75 Å². The fourth-order valence-electron chi connectivity index (χ4n) is 3.33. The smallest absolute Gasteiger partial charge is 0.253 e. The summed E-state index contributed by atoms with van der Waals surface area (Å²) < 4.78 is 7.44. The summed E-state index contributed by atoms with van der Waals surface area (Å²) in [7, 11) is 1.66. The number of nitrogens with one attached hydrogen (secondary N) is 1. The van der Waals surface area contributed by atoms with Crippen molar-refractivity contribution in [3.8, 4) is 22.7 Å². The Morgan fingerprint density at radius 1 is 1.04 bits per heavy atom. The second-order valence-corrected chi connectivity index (χ2v) is 7.18. The highest BCUT2D eigenvalue weighted by molar-refractivity contribution is 5.97. The molecule has 138 valence electrons. The number of hydrogen-bond acceptors (Lipinski definition) is 2. The molecule has 0 atom stereocenters. The monoisotopic (exact) mass is 360 g/mol. The average molecular weight is 360 g/mol. The molecule has 0 saturated heterocycles. The Kier molecular flexibility index (Phi) is 4.48. The Labute approximate surface area is 159 Å². The van der Waals surface area contributed by atoms with E-state index in [1.165, 1.54) is 5.56 Å². The Hall–Kier alpha value is -3.01. The average Bonchev–Trinajstić information content (AvgIpc) is 3.43. The summed E-state index contributed by atoms with van der Waals surface area (Å²) in [5, 5.41) is 3.11. The van der Waals surface area contributed by atoms with E-state index in [1.807, 2.05) is 37.3 Å². The molecule has 0 aliphatic heterocycles. The molecule has 1 aliphatic rings. The molecule has 4 heteroatoms. The van der Waals surface area contributed by atoms with E-state index in [2.05, 4.69) is 41.1 Å². The maximum absolute atomic E-state index is 12.8. The van der Waals surface area contributed by atoms with Crippen LogP contribution in [0.15, 0.2) is 54.6 Å². The third-order valence-electron chi connectivity index (χ3n) is 5.08. The third-order valence-corrected chi connectivity index (χ3v) is 5.08. The molecular weight excluding hydrogens is 336 g/mol. The van der Waals surface area contributed by atoms with Crippen molar-refractivity contribution in [3.05, 3.63) is 71.4 Å². The number of benzene rings is 2. The van der Waals surface area contributed by atoms with Gasteiger partial charge < -0.3 is 14.6 Å². The number of methoxy groups -OCH3 is 1. The van der Waals surface area contributed by atoms with Gasteiger partial charge in [0.1, 0.15) is 5.75 Å². The van der Waals surface area contributed by atoms with Crippen LogP contribution in [-0.2, 0) is 0 Å². The molecule has 0 unspecified atom stereocenters. The van der Waals surface area contributed by atoms with Gasteiger partial charge in [-0.2, -0.15) is 0 Å². The maximum atomic E-state index is 12.8. The van der Waals surface area contributed by atoms with Crippen molar-refractivity contribution >= 4 is 5.91 Å². The number of ether oxygens (including phenoxy) is 1. The van der Waals surface area contributed by atoms with E-state index in [4.69, 9.17) is 4.74 Å². The molecule has 1 fully saturated rings. The quantitative estimate of drug-likeness (QED) is 0.719. The topological polar surface area (TPSA) is 43.3 Å². The molecule has 0 radical (unpaired) electrons. The number of aryl methyl sites for hydroxylation is 1. The lowest BCUT2D eigenvalue weighted by atomic mass is 10.1. The third kappa shape index (κ3) is 3.47. The molecule has 1 aliphatic carbocycles. The van der Waals surface area contributed by atoms with E-state index in [-0.39, 0.29) is 5.91 Å². The summed E-state index contributed by atoms with van der Waals surface area (Å²) in [5.74, 6) is 0.825. The first-order valence-corrected chi connectivity index (χ1v) is 9.31. The number of nitrogens with zero attached hydrogens (tertiary/aromatic N) is 1. The summed E-state index contributed by atoms with van der Waals surface area (Å²) in [4.78, 5) is 12.8. The van der Waals surface area contributed by atoms with Gasteiger partial charge in [-0.15, -0.1) is 0 Å². The van der Waals surface area contributed by atoms with E-state index < -0.39 is 0 Å². The van der Waals surface area contributed by atoms with Gasteiger partial charge in [0.05, 0.1) is 18.4 Å². The van der Waals surface area contributed by atoms with E-state index in [1.54, 1.807) is 7.11 Å². The zero-order valence-corrected chi connectivity index (χ0v) is 16.0. The molecular formula is C23H24N2O2. The van der Waals surface area contributed by atoms with E-state index in [9.17, 15) is 4.79 Å². The van der Waals surface area contributed by atoms with Crippen LogP contribution in [0.1, 0.15) is 34.5 Å². The molecule has 4 nitrogen and oxygen atoms in total. The van der Waals surface area contributed by atoms with Gasteiger partial charge in [-0.25, -0.2) is 0 Å². The summed E-state index contributed by atoms with van der Waals surface area (Å²) in [6.45, 7) is 4.08. The van der Waals surface area contributed by atoms with Gasteiger partial charge in [-0.05, 0) is 74.7 Å². The molecule has 1 heterocycles. The van der Waals surface area contributed by atoms with Crippen LogP contribution < -0.4 is 10.1 Å². The van der Waals surface area contributed by atoms with Crippen LogP contribution >= 0.6 is 0 Å². The van der Waals surface area contributed by atoms with Crippen LogP contribution in [0.2, 0.25) is 0 Å². The minimum absolute atomic E-state index is 0.00984. The minimum atomic E-state index is 0.00984. The fourth-order valence-corrected chi connectivity index (χ4v) is 3.33. The zero-order valence-electron chi connectivity index (χ0n) is 16.0. The molecule has 1 N–H and O–H groups in total. The lowest BCUT2D eigenvalue weighted by Crippen LogP contribution is -2.25. The molecule has 27 heavy (non-hydrogen) atoms. The van der Waals surface area contributed by atoms with Crippen molar-refractivity contribution in [2.75, 3.05) is 7.11 Å². The van der Waals surface area contributed by atoms with Gasteiger partial charge in [0.15, 0.2) is 0 Å². The standard InChI is InChI=1S/C23H24N2O2/c1-15-4-10-19(11-5-15)25-16(2)21(23(26)24-18-8-9-18)14-22(25)17-6-12-20(27-3)13-7-17/h4-7,10-14,18H,8-9H2,1-3H3,(H,24,26). The number of carbonyl (C=O) groups is 1. The zero-order chi connectivity index (χ0) is 19.0. The molecule has 0 spiro atoms. The van der Waals surface area contributed by atoms with Crippen LogP contribution in [0, 0.1) is 13.8 Å². The van der Waals surface area contributed by atoms with Crippen molar-refractivity contribution in [2.24, 2.45) is 0 Å². The van der Waals surface area contributed by atoms with Crippen LogP contribution in [0.25, 0.3) is 16.9 Å². The van der Waals surface area contributed by atoms with E-state index >= 15 is 0 Å². The Morgan fingerprint density at radius 3 is 2.30 bits per heavy atom. The van der Waals surface area contributed by atoms with Crippen LogP contribution in [0.4, 0.5) is 0 Å². The summed E-state index contributed by atoms with van der Waals surface area (Å²) in [5.41, 5.74) is 5.98. The molecule has 1 aromatic heterocycles. The Morgan fingerprint density at radius 2 is 1.70 bits per heavy atom. The maximum Gasteiger partial charge on any atom is 0.253 e. The molecule has 0 bridgehead atoms. The second kappa shape index (κ2) is 6.95. The van der Waals surface area contributed by atoms with Crippen LogP contribution in [0.3, 0.4) is 0 Å². The number of amides is 1. The normalized spacial score (nSPS) is 13.4. The Bertz CT molecular complexity index is 965. The largest absolute Gasteiger partial charge is 0.497 e. The molecule has 2 aromatic carbocycles. The first-order chi connectivity index (χ1) is 13.1. The van der Waals surface area contributed by atoms with Crippen molar-refractivity contribution in [1.82, 2.24) is 9.88 Å². The van der Waals surface area contributed by atoms with Gasteiger partial charge in [0.25, 0.3) is 5.91 Å². The van der Waals surface area contributed by atoms with Crippen molar-refractivity contribution < 1.29 is 9.53 Å². The van der Waals surface area contributed by atoms with Gasteiger partial charge in [-0.1, -0.05) is 17.7 Å². The highest BCUT2D eigenvalue weighted by Crippen LogP contribution is 2.31. The fraction of sp³-hybridized carbons (Fsp3) is 0.261. The van der Waals surface area contributed by atoms with Crippen molar-refractivity contribution in [1.29, 1.82) is 0 Å². The number of aromatic nitrogens is 1. The first-order valence-electron chi connectivity index (χ1n) is 9.31. The molecule has 1 amide bonds. The molecule has 1 saturated carbocycles. The second-order valence-electron chi connectivity index (χ2n) is 7.18. The highest BCUT2D eigenvalue weighted by atomic mass is 16.5. The molecule has 4 rings (SSSR count). The molecule has 3 aromatic rings. The predicted molar refractivity (Wildman–Crippen MR) is 108 cm³/mol. The summed E-state index contributed by atoms with van der Waals surface area (Å²) in [6.07, 6.45) is 2.16. The van der Waals surface area contributed by atoms with Crippen LogP contribution in [-0.4, -0.2) is 23.6 Å². The highest BCUT2D eigenvalue weighted by Gasteiger charge is 2.26. The van der Waals surface area contributed by atoms with Crippen molar-refractivity contribution in [3.63, 3.8) is 0 Å². The SMILES string of the molecule is COc1ccc(-c2cc(C(=O)NC3CC3)c(C)n2-c2ccc(C)cc2)cc1. The summed E-state index contributed by atoms with van der Waals surface area (Å²) >= 11 is 0. The van der Waals surface area contributed by atoms with Gasteiger partial charge in [-0.3, -0.25) is 4.79 Å². The lowest BCUT2D eigenvalue weighted by molar-refractivity contribution is 0.0950. The first kappa shape index (κ1) is 17.4. The number of rotatable bonds is 5. The Balaban J connectivity index is 1.83. The van der Waals surface area contributed by atoms with Gasteiger partial charge in [0, 0.05) is 17.4 Å². The lowest BCUT2D eigenvalue weighted by Gasteiger charge is -2.13. The summed E-state index contributed by atoms with van der Waals surface area (Å²) in [6, 6.07) is 18.7. The predicted octanol–water partition coefficient (Wildman–Crippen LogP) is 4.66. The van der Waals surface area contributed by atoms with Gasteiger partial charge >= 0.3 is 0 Å². The minimum Gasteiger partial charge on any atom is -0.497 e. The van der Waals surface area contributed by atoms with E-state index in [0.29, 0.717) is 6.04 Å². The van der Waals surface area contributed by atoms with E-state index in [0.717, 1.165) is 46.8 Å². The van der Waals surface area contributed by atoms with Gasteiger partial charge in [0.2, 0.25) is 0 Å². The number of hydrogen-bond donors (Lipinski definition) is 1. The van der Waals surface area contributed by atoms with Crippen molar-refractivity contribution in [2.45, 2.75) is 32.7 Å². The number of carbonyl (C=O) groups excluding carboxylic acids is 1.